The Balaban J connectivity index is 1.98. The second kappa shape index (κ2) is 7.67. The van der Waals surface area contributed by atoms with Gasteiger partial charge in [-0.3, -0.25) is 9.59 Å². The summed E-state index contributed by atoms with van der Waals surface area (Å²) in [6, 6.07) is 4.94. The fourth-order valence-corrected chi connectivity index (χ4v) is 2.36. The molecule has 0 aliphatic carbocycles. The molecule has 1 heterocycles. The second-order valence-corrected chi connectivity index (χ2v) is 4.99. The highest BCUT2D eigenvalue weighted by Gasteiger charge is 2.17. The van der Waals surface area contributed by atoms with Gasteiger partial charge < -0.3 is 14.4 Å². The third-order valence-corrected chi connectivity index (χ3v) is 3.46. The average molecular weight is 291 g/mol. The molecule has 1 aromatic carbocycles. The molecule has 5 nitrogen and oxygen atoms in total. The van der Waals surface area contributed by atoms with Gasteiger partial charge in [-0.1, -0.05) is 0 Å². The van der Waals surface area contributed by atoms with E-state index in [0.717, 1.165) is 32.2 Å². The summed E-state index contributed by atoms with van der Waals surface area (Å²) in [6.45, 7) is 3.95. The zero-order valence-corrected chi connectivity index (χ0v) is 12.3. The molecule has 2 rings (SSSR count). The van der Waals surface area contributed by atoms with Gasteiger partial charge in [-0.2, -0.15) is 0 Å². The molecule has 0 radical (unpaired) electrons. The molecule has 1 aromatic rings. The van der Waals surface area contributed by atoms with E-state index in [1.165, 1.54) is 6.42 Å². The smallest absolute Gasteiger partial charge is 0.260 e. The van der Waals surface area contributed by atoms with E-state index in [0.29, 0.717) is 23.7 Å². The largest absolute Gasteiger partial charge is 0.490 e. The molecule has 0 N–H and O–H groups in total. The van der Waals surface area contributed by atoms with E-state index >= 15 is 0 Å². The molecule has 1 aliphatic heterocycles. The number of ether oxygens (including phenoxy) is 2. The fourth-order valence-electron chi connectivity index (χ4n) is 2.36. The molecule has 0 spiro atoms. The number of rotatable bonds is 6. The van der Waals surface area contributed by atoms with Crippen LogP contribution in [-0.2, 0) is 4.79 Å². The lowest BCUT2D eigenvalue weighted by atomic mass is 10.1. The van der Waals surface area contributed by atoms with Crippen molar-refractivity contribution in [3.05, 3.63) is 23.8 Å². The van der Waals surface area contributed by atoms with Gasteiger partial charge in [0.2, 0.25) is 0 Å². The maximum atomic E-state index is 12.1. The Morgan fingerprint density at radius 3 is 2.62 bits per heavy atom. The quantitative estimate of drug-likeness (QED) is 0.755. The predicted octanol–water partition coefficient (Wildman–Crippen LogP) is 2.29. The number of hydrogen-bond donors (Lipinski definition) is 0. The topological polar surface area (TPSA) is 55.8 Å². The number of likely N-dealkylation sites (tertiary alicyclic amines) is 1. The SMILES string of the molecule is CCOc1cc(C=O)ccc1OCC(=O)N1CCCCC1. The maximum absolute atomic E-state index is 12.1. The van der Waals surface area contributed by atoms with Gasteiger partial charge in [-0.25, -0.2) is 0 Å². The zero-order valence-electron chi connectivity index (χ0n) is 12.3. The summed E-state index contributed by atoms with van der Waals surface area (Å²) in [5, 5.41) is 0. The van der Waals surface area contributed by atoms with Crippen LogP contribution in [0.4, 0.5) is 0 Å². The number of benzene rings is 1. The van der Waals surface area contributed by atoms with E-state index in [-0.39, 0.29) is 12.5 Å². The number of nitrogens with zero attached hydrogens (tertiary/aromatic N) is 1. The van der Waals surface area contributed by atoms with Crippen LogP contribution in [0.1, 0.15) is 36.5 Å². The van der Waals surface area contributed by atoms with E-state index in [2.05, 4.69) is 0 Å². The molecule has 114 valence electrons. The zero-order chi connectivity index (χ0) is 15.1. The predicted molar refractivity (Wildman–Crippen MR) is 78.9 cm³/mol. The van der Waals surface area contributed by atoms with Gasteiger partial charge in [0, 0.05) is 18.7 Å². The number of hydrogen-bond acceptors (Lipinski definition) is 4. The minimum Gasteiger partial charge on any atom is -0.490 e. The van der Waals surface area contributed by atoms with Gasteiger partial charge in [0.15, 0.2) is 18.1 Å². The fraction of sp³-hybridized carbons (Fsp3) is 0.500. The van der Waals surface area contributed by atoms with Gasteiger partial charge in [-0.15, -0.1) is 0 Å². The lowest BCUT2D eigenvalue weighted by Gasteiger charge is -2.26. The third-order valence-electron chi connectivity index (χ3n) is 3.46. The number of aldehydes is 1. The number of amides is 1. The first-order chi connectivity index (χ1) is 10.2. The summed E-state index contributed by atoms with van der Waals surface area (Å²) in [5.41, 5.74) is 0.521. The van der Waals surface area contributed by atoms with Crippen LogP contribution in [0.2, 0.25) is 0 Å². The molecule has 0 atom stereocenters. The molecule has 1 amide bonds. The van der Waals surface area contributed by atoms with Crippen molar-refractivity contribution in [3.63, 3.8) is 0 Å². The van der Waals surface area contributed by atoms with Crippen LogP contribution in [0, 0.1) is 0 Å². The molecule has 0 unspecified atom stereocenters. The summed E-state index contributed by atoms with van der Waals surface area (Å²) < 4.78 is 11.0. The average Bonchev–Trinajstić information content (AvgIpc) is 2.54. The molecule has 1 aliphatic rings. The number of carbonyl (C=O) groups excluding carboxylic acids is 2. The third kappa shape index (κ3) is 4.21. The van der Waals surface area contributed by atoms with Crippen molar-refractivity contribution in [2.75, 3.05) is 26.3 Å². The van der Waals surface area contributed by atoms with Gasteiger partial charge in [0.25, 0.3) is 5.91 Å². The summed E-state index contributed by atoms with van der Waals surface area (Å²) in [5.74, 6) is 0.984. The van der Waals surface area contributed by atoms with Gasteiger partial charge in [0.1, 0.15) is 6.29 Å². The van der Waals surface area contributed by atoms with E-state index in [1.54, 1.807) is 18.2 Å². The Bertz CT molecular complexity index is 495. The van der Waals surface area contributed by atoms with E-state index < -0.39 is 0 Å². The summed E-state index contributed by atoms with van der Waals surface area (Å²) in [4.78, 5) is 24.7. The summed E-state index contributed by atoms with van der Waals surface area (Å²) in [7, 11) is 0. The molecular formula is C16H21NO4. The van der Waals surface area contributed by atoms with Crippen molar-refractivity contribution in [2.24, 2.45) is 0 Å². The molecule has 0 bridgehead atoms. The minimum atomic E-state index is -0.00314. The molecular weight excluding hydrogens is 270 g/mol. The molecule has 1 fully saturated rings. The lowest BCUT2D eigenvalue weighted by molar-refractivity contribution is -0.134. The van der Waals surface area contributed by atoms with E-state index in [1.807, 2.05) is 11.8 Å². The Morgan fingerprint density at radius 1 is 1.19 bits per heavy atom. The first kappa shape index (κ1) is 15.4. The van der Waals surface area contributed by atoms with Gasteiger partial charge in [0.05, 0.1) is 6.61 Å². The monoisotopic (exact) mass is 291 g/mol. The first-order valence-corrected chi connectivity index (χ1v) is 7.37. The normalized spacial score (nSPS) is 14.6. The second-order valence-electron chi connectivity index (χ2n) is 4.99. The van der Waals surface area contributed by atoms with Crippen LogP contribution in [0.3, 0.4) is 0 Å². The van der Waals surface area contributed by atoms with Crippen molar-refractivity contribution >= 4 is 12.2 Å². The van der Waals surface area contributed by atoms with Crippen molar-refractivity contribution in [1.82, 2.24) is 4.90 Å². The lowest BCUT2D eigenvalue weighted by Crippen LogP contribution is -2.38. The number of carbonyl (C=O) groups is 2. The number of piperidine rings is 1. The van der Waals surface area contributed by atoms with Crippen molar-refractivity contribution in [3.8, 4) is 11.5 Å². The van der Waals surface area contributed by atoms with Crippen LogP contribution in [-0.4, -0.2) is 43.4 Å². The van der Waals surface area contributed by atoms with E-state index in [9.17, 15) is 9.59 Å². The highest BCUT2D eigenvalue weighted by atomic mass is 16.5. The minimum absolute atomic E-state index is 0.000506. The molecule has 0 saturated carbocycles. The van der Waals surface area contributed by atoms with Crippen molar-refractivity contribution in [2.45, 2.75) is 26.2 Å². The van der Waals surface area contributed by atoms with Crippen molar-refractivity contribution in [1.29, 1.82) is 0 Å². The standard InChI is InChI=1S/C16H21NO4/c1-2-20-15-10-13(11-18)6-7-14(15)21-12-16(19)17-8-4-3-5-9-17/h6-7,10-11H,2-5,8-9,12H2,1H3. The van der Waals surface area contributed by atoms with Crippen LogP contribution >= 0.6 is 0 Å². The highest BCUT2D eigenvalue weighted by Crippen LogP contribution is 2.28. The molecule has 21 heavy (non-hydrogen) atoms. The summed E-state index contributed by atoms with van der Waals surface area (Å²) in [6.07, 6.45) is 4.06. The Hall–Kier alpha value is -2.04. The Kier molecular flexibility index (Phi) is 5.60. The highest BCUT2D eigenvalue weighted by molar-refractivity contribution is 5.78. The molecule has 0 aromatic heterocycles. The van der Waals surface area contributed by atoms with Crippen LogP contribution < -0.4 is 9.47 Å². The van der Waals surface area contributed by atoms with Crippen molar-refractivity contribution < 1.29 is 19.1 Å². The maximum Gasteiger partial charge on any atom is 0.260 e. The Labute approximate surface area is 124 Å². The molecule has 1 saturated heterocycles. The van der Waals surface area contributed by atoms with E-state index in [4.69, 9.17) is 9.47 Å². The van der Waals surface area contributed by atoms with Crippen LogP contribution in [0.25, 0.3) is 0 Å². The summed E-state index contributed by atoms with van der Waals surface area (Å²) >= 11 is 0. The van der Waals surface area contributed by atoms with Gasteiger partial charge >= 0.3 is 0 Å². The van der Waals surface area contributed by atoms with Crippen LogP contribution in [0.5, 0.6) is 11.5 Å². The first-order valence-electron chi connectivity index (χ1n) is 7.37. The van der Waals surface area contributed by atoms with Crippen LogP contribution in [0.15, 0.2) is 18.2 Å². The van der Waals surface area contributed by atoms with Gasteiger partial charge in [-0.05, 0) is 44.4 Å². The molecule has 5 heteroatoms. The Morgan fingerprint density at radius 2 is 1.95 bits per heavy atom.